The normalized spacial score (nSPS) is 11.9. The van der Waals surface area contributed by atoms with Crippen LogP contribution in [0.25, 0.3) is 0 Å². The first-order valence-electron chi connectivity index (χ1n) is 7.76. The number of benzene rings is 1. The monoisotopic (exact) mass is 328 g/mol. The highest BCUT2D eigenvalue weighted by Crippen LogP contribution is 2.16. The van der Waals surface area contributed by atoms with Crippen LogP contribution in [0.5, 0.6) is 0 Å². The summed E-state index contributed by atoms with van der Waals surface area (Å²) in [6.07, 6.45) is 2.01. The molecule has 120 valence electrons. The van der Waals surface area contributed by atoms with Gasteiger partial charge in [-0.05, 0) is 51.9 Å². The Morgan fingerprint density at radius 1 is 1.00 bits per heavy atom. The predicted octanol–water partition coefficient (Wildman–Crippen LogP) is 3.11. The summed E-state index contributed by atoms with van der Waals surface area (Å²) in [5, 5.41) is 1.11. The SMILES string of the molecule is CCO[Si](OCC)(OCC)c1ccc(C)cc1CCCS. The average Bonchev–Trinajstić information content (AvgIpc) is 2.46. The van der Waals surface area contributed by atoms with Gasteiger partial charge in [0.25, 0.3) is 0 Å². The molecule has 0 bridgehead atoms. The third kappa shape index (κ3) is 5.11. The second kappa shape index (κ2) is 9.64. The van der Waals surface area contributed by atoms with Crippen LogP contribution in [0.3, 0.4) is 0 Å². The van der Waals surface area contributed by atoms with Crippen molar-refractivity contribution in [2.75, 3.05) is 25.6 Å². The van der Waals surface area contributed by atoms with E-state index in [1.54, 1.807) is 0 Å². The van der Waals surface area contributed by atoms with Crippen LogP contribution in [0.15, 0.2) is 18.2 Å². The van der Waals surface area contributed by atoms with Gasteiger partial charge in [0.2, 0.25) is 0 Å². The van der Waals surface area contributed by atoms with Crippen LogP contribution in [-0.4, -0.2) is 34.4 Å². The van der Waals surface area contributed by atoms with Crippen LogP contribution in [0.4, 0.5) is 0 Å². The molecule has 21 heavy (non-hydrogen) atoms. The van der Waals surface area contributed by atoms with Gasteiger partial charge in [0, 0.05) is 25.0 Å². The summed E-state index contributed by atoms with van der Waals surface area (Å²) in [6, 6.07) is 6.45. The minimum Gasteiger partial charge on any atom is -0.370 e. The summed E-state index contributed by atoms with van der Waals surface area (Å²) < 4.78 is 18.1. The molecule has 0 aliphatic carbocycles. The number of hydrogen-bond acceptors (Lipinski definition) is 4. The maximum absolute atomic E-state index is 6.03. The van der Waals surface area contributed by atoms with Crippen LogP contribution >= 0.6 is 12.6 Å². The molecular formula is C16H28O3SSi. The third-order valence-corrected chi connectivity index (χ3v) is 6.67. The lowest BCUT2D eigenvalue weighted by Crippen LogP contribution is -2.58. The van der Waals surface area contributed by atoms with Gasteiger partial charge < -0.3 is 13.3 Å². The van der Waals surface area contributed by atoms with E-state index in [4.69, 9.17) is 13.3 Å². The Kier molecular flexibility index (Phi) is 8.59. The molecule has 0 aliphatic heterocycles. The molecule has 0 saturated carbocycles. The van der Waals surface area contributed by atoms with Crippen LogP contribution in [-0.2, 0) is 19.7 Å². The Morgan fingerprint density at radius 2 is 1.57 bits per heavy atom. The van der Waals surface area contributed by atoms with E-state index in [-0.39, 0.29) is 0 Å². The number of hydrogen-bond donors (Lipinski definition) is 1. The summed E-state index contributed by atoms with van der Waals surface area (Å²) in [6.45, 7) is 9.84. The molecule has 1 rings (SSSR count). The Balaban J connectivity index is 3.26. The molecule has 1 aromatic rings. The quantitative estimate of drug-likeness (QED) is 0.528. The molecule has 0 saturated heterocycles. The highest BCUT2D eigenvalue weighted by atomic mass is 32.1. The smallest absolute Gasteiger partial charge is 0.370 e. The maximum Gasteiger partial charge on any atom is 0.537 e. The van der Waals surface area contributed by atoms with Gasteiger partial charge in [-0.3, -0.25) is 0 Å². The molecule has 1 aromatic carbocycles. The summed E-state index contributed by atoms with van der Waals surface area (Å²) in [4.78, 5) is 0. The van der Waals surface area contributed by atoms with E-state index < -0.39 is 8.80 Å². The average molecular weight is 329 g/mol. The van der Waals surface area contributed by atoms with Crippen molar-refractivity contribution in [3.05, 3.63) is 29.3 Å². The first-order valence-corrected chi connectivity index (χ1v) is 10.1. The van der Waals surface area contributed by atoms with Crippen molar-refractivity contribution in [1.82, 2.24) is 0 Å². The van der Waals surface area contributed by atoms with Gasteiger partial charge in [0.1, 0.15) is 0 Å². The fourth-order valence-corrected chi connectivity index (χ4v) is 5.32. The summed E-state index contributed by atoms with van der Waals surface area (Å²) in [7, 11) is -2.81. The summed E-state index contributed by atoms with van der Waals surface area (Å²) >= 11 is 4.33. The summed E-state index contributed by atoms with van der Waals surface area (Å²) in [5.74, 6) is 0.875. The fraction of sp³-hybridized carbons (Fsp3) is 0.625. The molecule has 0 unspecified atom stereocenters. The molecule has 3 nitrogen and oxygen atoms in total. The van der Waals surface area contributed by atoms with Crippen molar-refractivity contribution in [2.24, 2.45) is 0 Å². The Bertz CT molecular complexity index is 409. The van der Waals surface area contributed by atoms with E-state index in [2.05, 4.69) is 37.8 Å². The lowest BCUT2D eigenvalue weighted by Gasteiger charge is -2.30. The van der Waals surface area contributed by atoms with Gasteiger partial charge in [-0.1, -0.05) is 23.8 Å². The van der Waals surface area contributed by atoms with Gasteiger partial charge in [-0.15, -0.1) is 0 Å². The summed E-state index contributed by atoms with van der Waals surface area (Å²) in [5.41, 5.74) is 2.52. The lowest BCUT2D eigenvalue weighted by atomic mass is 10.1. The number of rotatable bonds is 10. The molecule has 0 aromatic heterocycles. The molecule has 0 radical (unpaired) electrons. The van der Waals surface area contributed by atoms with Crippen molar-refractivity contribution in [3.63, 3.8) is 0 Å². The maximum atomic E-state index is 6.03. The zero-order chi connectivity index (χ0) is 15.7. The van der Waals surface area contributed by atoms with E-state index in [1.165, 1.54) is 11.1 Å². The van der Waals surface area contributed by atoms with Crippen LogP contribution in [0.1, 0.15) is 38.3 Å². The van der Waals surface area contributed by atoms with Crippen LogP contribution in [0, 0.1) is 6.92 Å². The Hall–Kier alpha value is -0.333. The molecule has 0 amide bonds. The minimum atomic E-state index is -2.81. The van der Waals surface area contributed by atoms with Crippen molar-refractivity contribution >= 4 is 26.6 Å². The van der Waals surface area contributed by atoms with E-state index in [0.29, 0.717) is 19.8 Å². The van der Waals surface area contributed by atoms with Gasteiger partial charge in [-0.25, -0.2) is 0 Å². The predicted molar refractivity (Wildman–Crippen MR) is 93.6 cm³/mol. The molecule has 0 fully saturated rings. The van der Waals surface area contributed by atoms with Gasteiger partial charge >= 0.3 is 8.80 Å². The molecule has 0 N–H and O–H groups in total. The molecule has 0 heterocycles. The van der Waals surface area contributed by atoms with Crippen molar-refractivity contribution in [2.45, 2.75) is 40.5 Å². The molecule has 0 atom stereocenters. The van der Waals surface area contributed by atoms with Crippen molar-refractivity contribution < 1.29 is 13.3 Å². The van der Waals surface area contributed by atoms with Crippen LogP contribution in [0.2, 0.25) is 0 Å². The molecule has 0 spiro atoms. The van der Waals surface area contributed by atoms with Gasteiger partial charge in [0.05, 0.1) is 0 Å². The lowest BCUT2D eigenvalue weighted by molar-refractivity contribution is 0.0857. The zero-order valence-electron chi connectivity index (χ0n) is 13.6. The molecule has 0 aliphatic rings. The van der Waals surface area contributed by atoms with Gasteiger partial charge in [-0.2, -0.15) is 12.6 Å². The second-order valence-electron chi connectivity index (χ2n) is 4.84. The number of aryl methyl sites for hydroxylation is 2. The third-order valence-electron chi connectivity index (χ3n) is 3.20. The largest absolute Gasteiger partial charge is 0.537 e. The second-order valence-corrected chi connectivity index (χ2v) is 7.81. The highest BCUT2D eigenvalue weighted by Gasteiger charge is 2.44. The molecular weight excluding hydrogens is 300 g/mol. The highest BCUT2D eigenvalue weighted by molar-refractivity contribution is 7.80. The van der Waals surface area contributed by atoms with Crippen molar-refractivity contribution in [1.29, 1.82) is 0 Å². The Labute approximate surface area is 135 Å². The van der Waals surface area contributed by atoms with E-state index >= 15 is 0 Å². The standard InChI is InChI=1S/C16H28O3SSi/c1-5-17-21(18-6-2,19-7-3)16-11-10-14(4)13-15(16)9-8-12-20/h10-11,13,20H,5-9,12H2,1-4H3. The topological polar surface area (TPSA) is 27.7 Å². The molecule has 5 heteroatoms. The van der Waals surface area contributed by atoms with Crippen molar-refractivity contribution in [3.8, 4) is 0 Å². The van der Waals surface area contributed by atoms with E-state index in [1.807, 2.05) is 20.8 Å². The van der Waals surface area contributed by atoms with Gasteiger partial charge in [0.15, 0.2) is 0 Å². The van der Waals surface area contributed by atoms with E-state index in [0.717, 1.165) is 23.8 Å². The van der Waals surface area contributed by atoms with Crippen LogP contribution < -0.4 is 5.19 Å². The minimum absolute atomic E-state index is 0.589. The van der Waals surface area contributed by atoms with E-state index in [9.17, 15) is 0 Å². The first-order chi connectivity index (χ1) is 10.1. The first kappa shape index (κ1) is 18.7. The fourth-order valence-electron chi connectivity index (χ4n) is 2.43. The number of thiol groups is 1. The Morgan fingerprint density at radius 3 is 2.05 bits per heavy atom. The zero-order valence-corrected chi connectivity index (χ0v) is 15.5.